The molecule has 3 aromatic carbocycles. The maximum absolute atomic E-state index is 13.7. The molecule has 3 aromatic rings. The lowest BCUT2D eigenvalue weighted by Gasteiger charge is -2.08. The lowest BCUT2D eigenvalue weighted by molar-refractivity contribution is 0.103. The molecule has 4 heteroatoms. The Balaban J connectivity index is 2.17. The van der Waals surface area contributed by atoms with Gasteiger partial charge in [0.1, 0.15) is 11.6 Å². The van der Waals surface area contributed by atoms with Crippen molar-refractivity contribution in [2.24, 2.45) is 0 Å². The van der Waals surface area contributed by atoms with Crippen LogP contribution >= 0.6 is 0 Å². The molecule has 0 atom stereocenters. The van der Waals surface area contributed by atoms with E-state index in [-0.39, 0.29) is 16.8 Å². The molecule has 0 saturated heterocycles. The third-order valence-corrected chi connectivity index (χ3v) is 3.34. The van der Waals surface area contributed by atoms with Gasteiger partial charge in [0.05, 0.1) is 5.56 Å². The molecule has 0 fully saturated rings. The highest BCUT2D eigenvalue weighted by atomic mass is 19.1. The molecule has 0 aliphatic carbocycles. The Morgan fingerprint density at radius 3 is 2.24 bits per heavy atom. The van der Waals surface area contributed by atoms with Gasteiger partial charge in [0.15, 0.2) is 5.78 Å². The van der Waals surface area contributed by atoms with E-state index in [0.29, 0.717) is 0 Å². The fourth-order valence-electron chi connectivity index (χ4n) is 2.27. The van der Waals surface area contributed by atoms with E-state index in [9.17, 15) is 13.6 Å². The van der Waals surface area contributed by atoms with E-state index in [1.165, 1.54) is 0 Å². The second kappa shape index (κ2) is 4.98. The monoisotopic (exact) mass is 283 g/mol. The average molecular weight is 283 g/mol. The second-order valence-corrected chi connectivity index (χ2v) is 4.74. The SMILES string of the molecule is Nc1cc2ccccc2cc1C(=O)c1cc(F)ccc1F. The Morgan fingerprint density at radius 1 is 0.857 bits per heavy atom. The fourth-order valence-corrected chi connectivity index (χ4v) is 2.27. The number of hydrogen-bond acceptors (Lipinski definition) is 2. The minimum absolute atomic E-state index is 0.165. The van der Waals surface area contributed by atoms with Crippen LogP contribution in [0, 0.1) is 11.6 Å². The molecule has 2 nitrogen and oxygen atoms in total. The number of benzene rings is 3. The summed E-state index contributed by atoms with van der Waals surface area (Å²) in [4.78, 5) is 12.4. The van der Waals surface area contributed by atoms with Gasteiger partial charge in [0.25, 0.3) is 0 Å². The molecule has 0 amide bonds. The Bertz CT molecular complexity index is 859. The summed E-state index contributed by atoms with van der Waals surface area (Å²) in [5, 5.41) is 1.69. The van der Waals surface area contributed by atoms with E-state index in [2.05, 4.69) is 0 Å². The van der Waals surface area contributed by atoms with Crippen LogP contribution < -0.4 is 5.73 Å². The van der Waals surface area contributed by atoms with Crippen molar-refractivity contribution in [2.45, 2.75) is 0 Å². The minimum Gasteiger partial charge on any atom is -0.398 e. The molecule has 0 aliphatic heterocycles. The molecule has 2 N–H and O–H groups in total. The van der Waals surface area contributed by atoms with Crippen LogP contribution in [0.15, 0.2) is 54.6 Å². The summed E-state index contributed by atoms with van der Waals surface area (Å²) >= 11 is 0. The number of nitrogen functional groups attached to an aromatic ring is 1. The third kappa shape index (κ3) is 2.36. The largest absolute Gasteiger partial charge is 0.398 e. The predicted octanol–water partition coefficient (Wildman–Crippen LogP) is 3.93. The number of rotatable bonds is 2. The fraction of sp³-hybridized carbons (Fsp3) is 0. The maximum atomic E-state index is 13.7. The van der Waals surface area contributed by atoms with Gasteiger partial charge in [0.2, 0.25) is 0 Å². The number of hydrogen-bond donors (Lipinski definition) is 1. The zero-order valence-corrected chi connectivity index (χ0v) is 10.9. The van der Waals surface area contributed by atoms with Crippen molar-refractivity contribution in [2.75, 3.05) is 5.73 Å². The lowest BCUT2D eigenvalue weighted by atomic mass is 9.98. The minimum atomic E-state index is -0.769. The van der Waals surface area contributed by atoms with Crippen molar-refractivity contribution in [1.29, 1.82) is 0 Å². The molecule has 104 valence electrons. The highest BCUT2D eigenvalue weighted by molar-refractivity contribution is 6.14. The maximum Gasteiger partial charge on any atom is 0.198 e. The summed E-state index contributed by atoms with van der Waals surface area (Å²) in [5.41, 5.74) is 5.96. The van der Waals surface area contributed by atoms with Crippen LogP contribution in [0.25, 0.3) is 10.8 Å². The first-order valence-corrected chi connectivity index (χ1v) is 6.34. The Hall–Kier alpha value is -2.75. The number of fused-ring (bicyclic) bond motifs is 1. The van der Waals surface area contributed by atoms with Crippen molar-refractivity contribution < 1.29 is 13.6 Å². The molecular weight excluding hydrogens is 272 g/mol. The van der Waals surface area contributed by atoms with E-state index >= 15 is 0 Å². The van der Waals surface area contributed by atoms with Crippen LogP contribution in [0.2, 0.25) is 0 Å². The topological polar surface area (TPSA) is 43.1 Å². The molecule has 0 radical (unpaired) electrons. The van der Waals surface area contributed by atoms with Crippen LogP contribution in [-0.4, -0.2) is 5.78 Å². The van der Waals surface area contributed by atoms with Gasteiger partial charge in [-0.15, -0.1) is 0 Å². The smallest absolute Gasteiger partial charge is 0.198 e. The van der Waals surface area contributed by atoms with Gasteiger partial charge in [-0.2, -0.15) is 0 Å². The second-order valence-electron chi connectivity index (χ2n) is 4.74. The standard InChI is InChI=1S/C17H11F2NO/c18-12-5-6-15(19)13(9-12)17(21)14-7-10-3-1-2-4-11(10)8-16(14)20/h1-9H,20H2. The van der Waals surface area contributed by atoms with Gasteiger partial charge in [-0.25, -0.2) is 8.78 Å². The Morgan fingerprint density at radius 2 is 1.52 bits per heavy atom. The number of anilines is 1. The Labute approximate surface area is 119 Å². The first-order chi connectivity index (χ1) is 10.1. The molecule has 21 heavy (non-hydrogen) atoms. The number of ketones is 1. The number of halogens is 2. The quantitative estimate of drug-likeness (QED) is 0.572. The van der Waals surface area contributed by atoms with Gasteiger partial charge in [0, 0.05) is 11.3 Å². The van der Waals surface area contributed by atoms with Crippen LogP contribution in [0.1, 0.15) is 15.9 Å². The van der Waals surface area contributed by atoms with Crippen molar-refractivity contribution in [3.05, 3.63) is 77.4 Å². The third-order valence-electron chi connectivity index (χ3n) is 3.34. The first-order valence-electron chi connectivity index (χ1n) is 6.34. The zero-order valence-electron chi connectivity index (χ0n) is 10.9. The van der Waals surface area contributed by atoms with Crippen molar-refractivity contribution >= 4 is 22.2 Å². The Kier molecular flexibility index (Phi) is 3.14. The molecule has 0 unspecified atom stereocenters. The lowest BCUT2D eigenvalue weighted by Crippen LogP contribution is -2.08. The van der Waals surface area contributed by atoms with Crippen LogP contribution in [0.3, 0.4) is 0 Å². The molecule has 0 bridgehead atoms. The summed E-state index contributed by atoms with van der Waals surface area (Å²) in [6.07, 6.45) is 0. The molecule has 0 heterocycles. The van der Waals surface area contributed by atoms with E-state index in [0.717, 1.165) is 29.0 Å². The van der Waals surface area contributed by atoms with Crippen LogP contribution in [-0.2, 0) is 0 Å². The van der Waals surface area contributed by atoms with Crippen LogP contribution in [0.5, 0.6) is 0 Å². The summed E-state index contributed by atoms with van der Waals surface area (Å²) in [7, 11) is 0. The molecule has 0 aliphatic rings. The van der Waals surface area contributed by atoms with Gasteiger partial charge in [-0.1, -0.05) is 24.3 Å². The average Bonchev–Trinajstić information content (AvgIpc) is 2.48. The summed E-state index contributed by atoms with van der Waals surface area (Å²) in [6, 6.07) is 13.4. The van der Waals surface area contributed by atoms with Gasteiger partial charge < -0.3 is 5.73 Å². The molecule has 0 aromatic heterocycles. The van der Waals surface area contributed by atoms with E-state index in [1.807, 2.05) is 24.3 Å². The summed E-state index contributed by atoms with van der Waals surface area (Å²) in [5.74, 6) is -2.07. The number of carbonyl (C=O) groups excluding carboxylic acids is 1. The number of nitrogens with two attached hydrogens (primary N) is 1. The predicted molar refractivity (Wildman–Crippen MR) is 78.2 cm³/mol. The van der Waals surface area contributed by atoms with Gasteiger partial charge >= 0.3 is 0 Å². The molecule has 0 saturated carbocycles. The van der Waals surface area contributed by atoms with E-state index in [1.54, 1.807) is 12.1 Å². The summed E-state index contributed by atoms with van der Waals surface area (Å²) < 4.78 is 26.9. The first kappa shape index (κ1) is 13.2. The van der Waals surface area contributed by atoms with Crippen molar-refractivity contribution in [1.82, 2.24) is 0 Å². The zero-order chi connectivity index (χ0) is 15.0. The summed E-state index contributed by atoms with van der Waals surface area (Å²) in [6.45, 7) is 0. The number of carbonyl (C=O) groups is 1. The molecular formula is C17H11F2NO. The van der Waals surface area contributed by atoms with Crippen LogP contribution in [0.4, 0.5) is 14.5 Å². The van der Waals surface area contributed by atoms with E-state index < -0.39 is 17.4 Å². The highest BCUT2D eigenvalue weighted by Gasteiger charge is 2.18. The highest BCUT2D eigenvalue weighted by Crippen LogP contribution is 2.25. The van der Waals surface area contributed by atoms with Gasteiger partial charge in [-0.3, -0.25) is 4.79 Å². The molecule has 3 rings (SSSR count). The van der Waals surface area contributed by atoms with Crippen molar-refractivity contribution in [3.63, 3.8) is 0 Å². The van der Waals surface area contributed by atoms with Crippen molar-refractivity contribution in [3.8, 4) is 0 Å². The molecule has 0 spiro atoms. The normalized spacial score (nSPS) is 10.8. The van der Waals surface area contributed by atoms with Gasteiger partial charge in [-0.05, 0) is 41.1 Å². The van der Waals surface area contributed by atoms with E-state index in [4.69, 9.17) is 5.73 Å².